The number of ether oxygens (including phenoxy) is 1. The van der Waals surface area contributed by atoms with Gasteiger partial charge in [0.2, 0.25) is 0 Å². The van der Waals surface area contributed by atoms with Crippen molar-refractivity contribution in [3.8, 4) is 22.6 Å². The Morgan fingerprint density at radius 3 is 2.32 bits per heavy atom. The van der Waals surface area contributed by atoms with Crippen molar-refractivity contribution >= 4 is 10.8 Å². The molecule has 5 rings (SSSR count). The minimum atomic E-state index is -1.11. The first-order valence-electron chi connectivity index (χ1n) is 12.8. The lowest BCUT2D eigenvalue weighted by molar-refractivity contribution is 0.213. The third kappa shape index (κ3) is 5.76. The van der Waals surface area contributed by atoms with E-state index in [4.69, 9.17) is 4.74 Å². The van der Waals surface area contributed by atoms with E-state index in [0.717, 1.165) is 37.8 Å². The Hall–Kier alpha value is -3.48. The molecule has 0 aliphatic carbocycles. The molecule has 1 atom stereocenters. The highest BCUT2D eigenvalue weighted by Gasteiger charge is 2.21. The summed E-state index contributed by atoms with van der Waals surface area (Å²) in [6.07, 6.45) is 3.96. The number of hydrogen-bond acceptors (Lipinski definition) is 4. The summed E-state index contributed by atoms with van der Waals surface area (Å²) in [6.45, 7) is 3.71. The van der Waals surface area contributed by atoms with Crippen molar-refractivity contribution in [2.75, 3.05) is 26.2 Å². The second kappa shape index (κ2) is 11.3. The van der Waals surface area contributed by atoms with Crippen LogP contribution in [0.1, 0.15) is 42.9 Å². The Morgan fingerprint density at radius 2 is 1.57 bits per heavy atom. The van der Waals surface area contributed by atoms with Gasteiger partial charge in [-0.15, -0.1) is 0 Å². The summed E-state index contributed by atoms with van der Waals surface area (Å²) in [5.41, 5.74) is 1.49. The maximum Gasteiger partial charge on any atom is 0.131 e. The third-order valence-electron chi connectivity index (χ3n) is 7.11. The van der Waals surface area contributed by atoms with Crippen LogP contribution in [0.15, 0.2) is 72.8 Å². The van der Waals surface area contributed by atoms with Crippen molar-refractivity contribution in [2.45, 2.75) is 31.8 Å². The van der Waals surface area contributed by atoms with Crippen molar-refractivity contribution in [2.24, 2.45) is 0 Å². The molecule has 192 valence electrons. The molecule has 6 heteroatoms. The van der Waals surface area contributed by atoms with Crippen molar-refractivity contribution in [1.82, 2.24) is 4.90 Å². The van der Waals surface area contributed by atoms with Gasteiger partial charge in [-0.05, 0) is 90.3 Å². The van der Waals surface area contributed by atoms with Crippen LogP contribution in [-0.4, -0.2) is 41.4 Å². The van der Waals surface area contributed by atoms with Crippen LogP contribution in [0.2, 0.25) is 0 Å². The van der Waals surface area contributed by atoms with Crippen LogP contribution >= 0.6 is 0 Å². The molecule has 2 N–H and O–H groups in total. The van der Waals surface area contributed by atoms with Gasteiger partial charge in [0.1, 0.15) is 35.8 Å². The zero-order valence-electron chi connectivity index (χ0n) is 20.7. The SMILES string of the molecule is Oc1ccc2c(C(O)c3ccc(OCCN4CCCCCC4)cc3)c(-c3cc(F)ccc3F)ccc2c1. The van der Waals surface area contributed by atoms with Gasteiger partial charge in [-0.2, -0.15) is 0 Å². The number of rotatable bonds is 7. The first kappa shape index (κ1) is 25.2. The summed E-state index contributed by atoms with van der Waals surface area (Å²) in [5.74, 6) is -0.352. The van der Waals surface area contributed by atoms with Crippen LogP contribution in [0.5, 0.6) is 11.5 Å². The summed E-state index contributed by atoms with van der Waals surface area (Å²) < 4.78 is 34.8. The molecule has 1 aliphatic rings. The van der Waals surface area contributed by atoms with E-state index in [0.29, 0.717) is 39.8 Å². The number of likely N-dealkylation sites (tertiary alicyclic amines) is 1. The minimum absolute atomic E-state index is 0.0671. The molecule has 0 amide bonds. The largest absolute Gasteiger partial charge is 0.508 e. The fraction of sp³-hybridized carbons (Fsp3) is 0.290. The molecule has 1 heterocycles. The van der Waals surface area contributed by atoms with E-state index in [-0.39, 0.29) is 11.3 Å². The van der Waals surface area contributed by atoms with Gasteiger partial charge in [-0.3, -0.25) is 4.90 Å². The van der Waals surface area contributed by atoms with Crippen molar-refractivity contribution < 1.29 is 23.7 Å². The zero-order valence-corrected chi connectivity index (χ0v) is 20.7. The molecule has 4 aromatic carbocycles. The van der Waals surface area contributed by atoms with E-state index in [9.17, 15) is 19.0 Å². The highest BCUT2D eigenvalue weighted by molar-refractivity contribution is 5.93. The number of halogens is 2. The number of aliphatic hydroxyl groups excluding tert-OH is 1. The number of hydrogen-bond donors (Lipinski definition) is 2. The molecular formula is C31H31F2NO3. The number of aromatic hydroxyl groups is 1. The fourth-order valence-electron chi connectivity index (χ4n) is 5.14. The van der Waals surface area contributed by atoms with Crippen LogP contribution in [0.4, 0.5) is 8.78 Å². The van der Waals surface area contributed by atoms with E-state index in [1.807, 2.05) is 12.1 Å². The monoisotopic (exact) mass is 503 g/mol. The van der Waals surface area contributed by atoms with Crippen LogP contribution < -0.4 is 4.74 Å². The number of fused-ring (bicyclic) bond motifs is 1. The minimum Gasteiger partial charge on any atom is -0.508 e. The van der Waals surface area contributed by atoms with E-state index < -0.39 is 17.7 Å². The predicted octanol–water partition coefficient (Wildman–Crippen LogP) is 6.83. The third-order valence-corrected chi connectivity index (χ3v) is 7.11. The van der Waals surface area contributed by atoms with Gasteiger partial charge < -0.3 is 14.9 Å². The summed E-state index contributed by atoms with van der Waals surface area (Å²) in [4.78, 5) is 2.44. The first-order chi connectivity index (χ1) is 18.0. The van der Waals surface area contributed by atoms with Crippen LogP contribution in [-0.2, 0) is 0 Å². The molecule has 0 aromatic heterocycles. The van der Waals surface area contributed by atoms with Gasteiger partial charge in [-0.1, -0.05) is 43.2 Å². The Morgan fingerprint density at radius 1 is 0.811 bits per heavy atom. The number of nitrogens with zero attached hydrogens (tertiary/aromatic N) is 1. The van der Waals surface area contributed by atoms with Gasteiger partial charge in [0, 0.05) is 17.7 Å². The normalized spacial score (nSPS) is 15.4. The molecule has 1 aliphatic heterocycles. The molecule has 1 saturated heterocycles. The maximum absolute atomic E-state index is 14.8. The lowest BCUT2D eigenvalue weighted by Crippen LogP contribution is -2.29. The summed E-state index contributed by atoms with van der Waals surface area (Å²) in [6, 6.07) is 18.7. The highest BCUT2D eigenvalue weighted by atomic mass is 19.1. The lowest BCUT2D eigenvalue weighted by atomic mass is 9.88. The maximum atomic E-state index is 14.8. The molecule has 0 saturated carbocycles. The first-order valence-corrected chi connectivity index (χ1v) is 12.8. The van der Waals surface area contributed by atoms with Gasteiger partial charge in [0.25, 0.3) is 0 Å². The van der Waals surface area contributed by atoms with Gasteiger partial charge >= 0.3 is 0 Å². The van der Waals surface area contributed by atoms with Crippen LogP contribution in [0, 0.1) is 11.6 Å². The van der Waals surface area contributed by atoms with E-state index in [1.165, 1.54) is 31.7 Å². The summed E-state index contributed by atoms with van der Waals surface area (Å²) in [7, 11) is 0. The molecule has 4 aromatic rings. The summed E-state index contributed by atoms with van der Waals surface area (Å²) >= 11 is 0. The molecule has 0 radical (unpaired) electrons. The number of aliphatic hydroxyl groups is 1. The van der Waals surface area contributed by atoms with Crippen LogP contribution in [0.25, 0.3) is 21.9 Å². The zero-order chi connectivity index (χ0) is 25.8. The Bertz CT molecular complexity index is 1370. The Labute approximate surface area is 215 Å². The second-order valence-electron chi connectivity index (χ2n) is 9.63. The number of phenolic OH excluding ortho intramolecular Hbond substituents is 1. The molecule has 4 nitrogen and oxygen atoms in total. The quantitative estimate of drug-likeness (QED) is 0.290. The topological polar surface area (TPSA) is 52.9 Å². The second-order valence-corrected chi connectivity index (χ2v) is 9.63. The highest BCUT2D eigenvalue weighted by Crippen LogP contribution is 2.39. The Balaban J connectivity index is 1.42. The Kier molecular flexibility index (Phi) is 7.68. The van der Waals surface area contributed by atoms with Gasteiger partial charge in [0.15, 0.2) is 0 Å². The molecular weight excluding hydrogens is 472 g/mol. The fourth-order valence-corrected chi connectivity index (χ4v) is 5.14. The van der Waals surface area contributed by atoms with Crippen molar-refractivity contribution in [1.29, 1.82) is 0 Å². The van der Waals surface area contributed by atoms with Crippen molar-refractivity contribution in [3.05, 3.63) is 95.6 Å². The summed E-state index contributed by atoms with van der Waals surface area (Å²) in [5, 5.41) is 22.8. The molecule has 37 heavy (non-hydrogen) atoms. The average Bonchev–Trinajstić information content (AvgIpc) is 3.18. The smallest absolute Gasteiger partial charge is 0.131 e. The standard InChI is InChI=1S/C31H31F2NO3/c32-23-8-14-29(33)28(20-23)27-12-7-22-19-24(35)9-13-26(22)30(27)31(36)21-5-10-25(11-6-21)37-18-17-34-15-3-1-2-4-16-34/h5-14,19-20,31,35-36H,1-4,15-18H2. The molecule has 0 spiro atoms. The number of benzene rings is 4. The molecule has 1 unspecified atom stereocenters. The van der Waals surface area contributed by atoms with E-state index in [2.05, 4.69) is 4.90 Å². The predicted molar refractivity (Wildman–Crippen MR) is 142 cm³/mol. The number of phenols is 1. The average molecular weight is 504 g/mol. The molecule has 1 fully saturated rings. The van der Waals surface area contributed by atoms with E-state index in [1.54, 1.807) is 36.4 Å². The molecule has 0 bridgehead atoms. The van der Waals surface area contributed by atoms with Crippen molar-refractivity contribution in [3.63, 3.8) is 0 Å². The lowest BCUT2D eigenvalue weighted by Gasteiger charge is -2.21. The van der Waals surface area contributed by atoms with Crippen LogP contribution in [0.3, 0.4) is 0 Å². The van der Waals surface area contributed by atoms with E-state index >= 15 is 0 Å². The van der Waals surface area contributed by atoms with Gasteiger partial charge in [0.05, 0.1) is 0 Å². The van der Waals surface area contributed by atoms with Gasteiger partial charge in [-0.25, -0.2) is 8.78 Å².